The Hall–Kier alpha value is -4.16. The van der Waals surface area contributed by atoms with E-state index in [2.05, 4.69) is 0 Å². The fourth-order valence-electron chi connectivity index (χ4n) is 3.73. The van der Waals surface area contributed by atoms with Gasteiger partial charge in [-0.25, -0.2) is 22.6 Å². The number of carbonyl (C=O) groups is 2. The molecule has 186 valence electrons. The van der Waals surface area contributed by atoms with Gasteiger partial charge in [0.25, 0.3) is 5.56 Å². The summed E-state index contributed by atoms with van der Waals surface area (Å²) in [6, 6.07) is 9.87. The molecule has 1 unspecified atom stereocenters. The van der Waals surface area contributed by atoms with Gasteiger partial charge in [-0.15, -0.1) is 0 Å². The molecule has 13 heteroatoms. The molecule has 0 radical (unpaired) electrons. The van der Waals surface area contributed by atoms with Gasteiger partial charge in [0.05, 0.1) is 39.9 Å². The first-order valence-corrected chi connectivity index (χ1v) is 12.1. The van der Waals surface area contributed by atoms with E-state index in [4.69, 9.17) is 16.0 Å². The van der Waals surface area contributed by atoms with Crippen molar-refractivity contribution in [3.63, 3.8) is 0 Å². The zero-order chi connectivity index (χ0) is 26.2. The van der Waals surface area contributed by atoms with Gasteiger partial charge in [-0.1, -0.05) is 11.6 Å². The summed E-state index contributed by atoms with van der Waals surface area (Å²) in [6.45, 7) is -0.231. The smallest absolute Gasteiger partial charge is 0.332 e. The fourth-order valence-corrected chi connectivity index (χ4v) is 5.14. The second-order valence-electron chi connectivity index (χ2n) is 7.71. The number of halogens is 1. The Morgan fingerprint density at radius 3 is 2.25 bits per heavy atom. The van der Waals surface area contributed by atoms with Crippen LogP contribution in [0.5, 0.6) is 0 Å². The molecule has 0 spiro atoms. The third-order valence-electron chi connectivity index (χ3n) is 5.44. The minimum absolute atomic E-state index is 0.00664. The van der Waals surface area contributed by atoms with Gasteiger partial charge in [0.1, 0.15) is 11.8 Å². The van der Waals surface area contributed by atoms with Crippen molar-refractivity contribution >= 4 is 44.3 Å². The van der Waals surface area contributed by atoms with Gasteiger partial charge < -0.3 is 14.6 Å². The van der Waals surface area contributed by atoms with Crippen molar-refractivity contribution in [2.75, 3.05) is 0 Å². The molecular formula is C23H17ClN2O9S. The van der Waals surface area contributed by atoms with E-state index >= 15 is 0 Å². The summed E-state index contributed by atoms with van der Waals surface area (Å²) in [5, 5.41) is 18.8. The van der Waals surface area contributed by atoms with Crippen LogP contribution in [0.25, 0.3) is 10.9 Å². The molecule has 2 aromatic heterocycles. The van der Waals surface area contributed by atoms with E-state index in [0.717, 1.165) is 10.6 Å². The molecule has 0 aliphatic rings. The first-order chi connectivity index (χ1) is 17.0. The number of nitrogens with zero attached hydrogens (tertiary/aromatic N) is 2. The molecule has 0 saturated carbocycles. The van der Waals surface area contributed by atoms with Crippen LogP contribution in [-0.4, -0.2) is 39.7 Å². The molecule has 2 aromatic carbocycles. The number of sulfone groups is 1. The Morgan fingerprint density at radius 2 is 1.67 bits per heavy atom. The van der Waals surface area contributed by atoms with Gasteiger partial charge in [-0.2, -0.15) is 0 Å². The second kappa shape index (κ2) is 9.47. The number of hydrogen-bond donors (Lipinski definition) is 2. The van der Waals surface area contributed by atoms with Crippen molar-refractivity contribution < 1.29 is 32.6 Å². The SMILES string of the molecule is O=C(O)CC(C(=O)O)n1c(=O)c2cc(S(=O)(=O)c3ccc(Cl)cc3)ccc2n(Cc2ccco2)c1=O. The standard InChI is InChI=1S/C23H17ClN2O9S/c24-13-3-5-15(6-4-13)36(33,34)16-7-8-18-17(10-16)21(29)26(19(22(30)31)11-20(27)28)23(32)25(18)12-14-2-1-9-35-14/h1-10,19H,11-12H2,(H,27,28)(H,30,31). The zero-order valence-electron chi connectivity index (χ0n) is 18.2. The summed E-state index contributed by atoms with van der Waals surface area (Å²) in [7, 11) is -4.13. The lowest BCUT2D eigenvalue weighted by atomic mass is 10.2. The Bertz CT molecular complexity index is 1700. The summed E-state index contributed by atoms with van der Waals surface area (Å²) in [4.78, 5) is 49.4. The first kappa shape index (κ1) is 24.9. The van der Waals surface area contributed by atoms with E-state index in [9.17, 15) is 37.8 Å². The lowest BCUT2D eigenvalue weighted by molar-refractivity contribution is -0.147. The maximum Gasteiger partial charge on any atom is 0.332 e. The van der Waals surface area contributed by atoms with Crippen LogP contribution >= 0.6 is 11.6 Å². The molecule has 36 heavy (non-hydrogen) atoms. The molecule has 11 nitrogen and oxygen atoms in total. The van der Waals surface area contributed by atoms with Crippen molar-refractivity contribution in [2.45, 2.75) is 28.8 Å². The summed E-state index contributed by atoms with van der Waals surface area (Å²) < 4.78 is 32.9. The van der Waals surface area contributed by atoms with E-state index in [0.29, 0.717) is 9.59 Å². The lowest BCUT2D eigenvalue weighted by Crippen LogP contribution is -2.45. The molecule has 1 atom stereocenters. The Labute approximate surface area is 207 Å². The summed E-state index contributed by atoms with van der Waals surface area (Å²) in [6.07, 6.45) is 0.291. The average Bonchev–Trinajstić information content (AvgIpc) is 3.34. The summed E-state index contributed by atoms with van der Waals surface area (Å²) in [5.41, 5.74) is -2.23. The van der Waals surface area contributed by atoms with Gasteiger partial charge in [0, 0.05) is 5.02 Å². The highest BCUT2D eigenvalue weighted by Gasteiger charge is 2.29. The number of aromatic nitrogens is 2. The second-order valence-corrected chi connectivity index (χ2v) is 10.1. The number of benzene rings is 2. The predicted molar refractivity (Wildman–Crippen MR) is 126 cm³/mol. The number of hydrogen-bond acceptors (Lipinski definition) is 7. The van der Waals surface area contributed by atoms with Crippen LogP contribution in [0, 0.1) is 0 Å². The minimum Gasteiger partial charge on any atom is -0.481 e. The number of aliphatic carboxylic acids is 2. The maximum atomic E-state index is 13.3. The van der Waals surface area contributed by atoms with E-state index in [1.807, 2.05) is 0 Å². The largest absolute Gasteiger partial charge is 0.481 e. The molecule has 0 aliphatic carbocycles. The number of furan rings is 1. The molecule has 0 bridgehead atoms. The molecule has 0 amide bonds. The van der Waals surface area contributed by atoms with Crippen LogP contribution < -0.4 is 11.2 Å². The summed E-state index contributed by atoms with van der Waals surface area (Å²) in [5.74, 6) is -2.98. The quantitative estimate of drug-likeness (QED) is 0.346. The molecule has 4 aromatic rings. The number of carboxylic acid groups (broad SMARTS) is 2. The Balaban J connectivity index is 2.03. The summed E-state index contributed by atoms with van der Waals surface area (Å²) >= 11 is 5.84. The van der Waals surface area contributed by atoms with Gasteiger partial charge in [-0.05, 0) is 54.6 Å². The predicted octanol–water partition coefficient (Wildman–Crippen LogP) is 2.39. The van der Waals surface area contributed by atoms with Gasteiger partial charge >= 0.3 is 17.6 Å². The number of rotatable bonds is 8. The molecule has 2 heterocycles. The van der Waals surface area contributed by atoms with Gasteiger partial charge in [-0.3, -0.25) is 14.2 Å². The molecule has 0 fully saturated rings. The topological polar surface area (TPSA) is 166 Å². The van der Waals surface area contributed by atoms with Gasteiger partial charge in [0.15, 0.2) is 0 Å². The maximum absolute atomic E-state index is 13.3. The Morgan fingerprint density at radius 1 is 1.00 bits per heavy atom. The molecule has 4 rings (SSSR count). The molecule has 0 aliphatic heterocycles. The lowest BCUT2D eigenvalue weighted by Gasteiger charge is -2.18. The van der Waals surface area contributed by atoms with E-state index in [-0.39, 0.29) is 33.0 Å². The molecule has 2 N–H and O–H groups in total. The van der Waals surface area contributed by atoms with E-state index < -0.39 is 45.5 Å². The van der Waals surface area contributed by atoms with Crippen LogP contribution in [0.3, 0.4) is 0 Å². The van der Waals surface area contributed by atoms with Crippen molar-refractivity contribution in [1.29, 1.82) is 0 Å². The van der Waals surface area contributed by atoms with Crippen molar-refractivity contribution in [1.82, 2.24) is 9.13 Å². The van der Waals surface area contributed by atoms with Gasteiger partial charge in [0.2, 0.25) is 9.84 Å². The molecule has 0 saturated heterocycles. The normalized spacial score (nSPS) is 12.5. The van der Waals surface area contributed by atoms with Crippen molar-refractivity contribution in [3.05, 3.63) is 92.5 Å². The monoisotopic (exact) mass is 532 g/mol. The highest BCUT2D eigenvalue weighted by atomic mass is 35.5. The zero-order valence-corrected chi connectivity index (χ0v) is 19.8. The first-order valence-electron chi connectivity index (χ1n) is 10.3. The third-order valence-corrected chi connectivity index (χ3v) is 7.46. The van der Waals surface area contributed by atoms with E-state index in [1.165, 1.54) is 42.7 Å². The number of carboxylic acids is 2. The Kier molecular flexibility index (Phi) is 6.57. The van der Waals surface area contributed by atoms with Crippen molar-refractivity contribution in [2.24, 2.45) is 0 Å². The average molecular weight is 533 g/mol. The fraction of sp³-hybridized carbons (Fsp3) is 0.130. The van der Waals surface area contributed by atoms with Crippen LogP contribution in [-0.2, 0) is 26.0 Å². The number of fused-ring (bicyclic) bond motifs is 1. The van der Waals surface area contributed by atoms with Crippen LogP contribution in [0.4, 0.5) is 0 Å². The molecular weight excluding hydrogens is 516 g/mol. The van der Waals surface area contributed by atoms with Crippen LogP contribution in [0.15, 0.2) is 84.7 Å². The highest BCUT2D eigenvalue weighted by molar-refractivity contribution is 7.91. The van der Waals surface area contributed by atoms with Crippen molar-refractivity contribution in [3.8, 4) is 0 Å². The van der Waals surface area contributed by atoms with E-state index in [1.54, 1.807) is 12.1 Å². The third kappa shape index (κ3) is 4.55. The highest BCUT2D eigenvalue weighted by Crippen LogP contribution is 2.25. The minimum atomic E-state index is -4.13. The van der Waals surface area contributed by atoms with Crippen LogP contribution in [0.1, 0.15) is 18.2 Å². The van der Waals surface area contributed by atoms with Crippen LogP contribution in [0.2, 0.25) is 5.02 Å².